The molecule has 0 radical (unpaired) electrons. The van der Waals surface area contributed by atoms with Crippen LogP contribution in [0.1, 0.15) is 26.2 Å². The van der Waals surface area contributed by atoms with Gasteiger partial charge in [0.2, 0.25) is 0 Å². The van der Waals surface area contributed by atoms with E-state index in [-0.39, 0.29) is 12.5 Å². The summed E-state index contributed by atoms with van der Waals surface area (Å²) in [6.45, 7) is 4.05. The number of carbonyl (C=O) groups excluding carboxylic acids is 1. The molecule has 5 nitrogen and oxygen atoms in total. The number of ether oxygens (including phenoxy) is 3. The number of rotatable bonds is 11. The van der Waals surface area contributed by atoms with Crippen molar-refractivity contribution in [1.29, 1.82) is 0 Å². The number of carbonyl (C=O) groups is 1. The van der Waals surface area contributed by atoms with E-state index in [9.17, 15) is 4.79 Å². The molecule has 0 heterocycles. The van der Waals surface area contributed by atoms with Crippen LogP contribution in [0.2, 0.25) is 0 Å². The van der Waals surface area contributed by atoms with E-state index in [0.29, 0.717) is 25.5 Å². The lowest BCUT2D eigenvalue weighted by molar-refractivity contribution is -0.123. The average Bonchev–Trinajstić information content (AvgIpc) is 2.50. The van der Waals surface area contributed by atoms with Crippen LogP contribution in [0.25, 0.3) is 0 Å². The molecule has 1 aromatic rings. The van der Waals surface area contributed by atoms with Gasteiger partial charge in [0, 0.05) is 26.3 Å². The molecule has 5 heteroatoms. The van der Waals surface area contributed by atoms with Crippen LogP contribution in [0.5, 0.6) is 11.5 Å². The molecule has 0 aromatic heterocycles. The molecular weight excluding hydrogens is 270 g/mol. The standard InChI is InChI=1S/C16H25NO4/c1-3-4-11-20-14-7-5-8-15(12-14)21-13-16(18)17-9-6-10-19-2/h5,7-8,12H,3-4,6,9-11,13H2,1-2H3,(H,17,18). The molecule has 0 saturated heterocycles. The van der Waals surface area contributed by atoms with E-state index in [4.69, 9.17) is 14.2 Å². The Labute approximate surface area is 126 Å². The summed E-state index contributed by atoms with van der Waals surface area (Å²) < 4.78 is 15.9. The first-order valence-electron chi connectivity index (χ1n) is 7.37. The molecule has 0 aliphatic carbocycles. The molecule has 0 spiro atoms. The summed E-state index contributed by atoms with van der Waals surface area (Å²) in [6.07, 6.45) is 2.91. The number of hydrogen-bond donors (Lipinski definition) is 1. The highest BCUT2D eigenvalue weighted by atomic mass is 16.5. The van der Waals surface area contributed by atoms with Crippen molar-refractivity contribution in [3.05, 3.63) is 24.3 Å². The third-order valence-electron chi connectivity index (χ3n) is 2.79. The van der Waals surface area contributed by atoms with E-state index in [1.54, 1.807) is 13.2 Å². The lowest BCUT2D eigenvalue weighted by atomic mass is 10.3. The second-order valence-corrected chi connectivity index (χ2v) is 4.66. The highest BCUT2D eigenvalue weighted by molar-refractivity contribution is 5.77. The second kappa shape index (κ2) is 11.0. The summed E-state index contributed by atoms with van der Waals surface area (Å²) in [5.41, 5.74) is 0. The molecule has 1 amide bonds. The van der Waals surface area contributed by atoms with Gasteiger partial charge in [0.15, 0.2) is 6.61 Å². The molecule has 21 heavy (non-hydrogen) atoms. The zero-order valence-electron chi connectivity index (χ0n) is 12.9. The van der Waals surface area contributed by atoms with Crippen LogP contribution >= 0.6 is 0 Å². The van der Waals surface area contributed by atoms with Crippen molar-refractivity contribution in [2.45, 2.75) is 26.2 Å². The Balaban J connectivity index is 2.27. The topological polar surface area (TPSA) is 56.8 Å². The maximum Gasteiger partial charge on any atom is 0.257 e. The largest absolute Gasteiger partial charge is 0.493 e. The molecule has 0 aliphatic heterocycles. The number of nitrogens with one attached hydrogen (secondary N) is 1. The van der Waals surface area contributed by atoms with Gasteiger partial charge in [-0.3, -0.25) is 4.79 Å². The van der Waals surface area contributed by atoms with Crippen LogP contribution in [0.15, 0.2) is 24.3 Å². The molecular formula is C16H25NO4. The fourth-order valence-corrected chi connectivity index (χ4v) is 1.63. The minimum absolute atomic E-state index is 0.00535. The summed E-state index contributed by atoms with van der Waals surface area (Å²) in [6, 6.07) is 7.35. The third kappa shape index (κ3) is 8.19. The fraction of sp³-hybridized carbons (Fsp3) is 0.562. The van der Waals surface area contributed by atoms with Gasteiger partial charge in [-0.05, 0) is 25.0 Å². The Morgan fingerprint density at radius 3 is 2.62 bits per heavy atom. The molecule has 0 atom stereocenters. The van der Waals surface area contributed by atoms with E-state index in [1.807, 2.05) is 18.2 Å². The monoisotopic (exact) mass is 295 g/mol. The van der Waals surface area contributed by atoms with Crippen LogP contribution in [-0.2, 0) is 9.53 Å². The van der Waals surface area contributed by atoms with E-state index < -0.39 is 0 Å². The highest BCUT2D eigenvalue weighted by Gasteiger charge is 2.03. The van der Waals surface area contributed by atoms with Gasteiger partial charge >= 0.3 is 0 Å². The molecule has 0 saturated carbocycles. The molecule has 0 bridgehead atoms. The van der Waals surface area contributed by atoms with Gasteiger partial charge in [-0.15, -0.1) is 0 Å². The first-order chi connectivity index (χ1) is 10.3. The van der Waals surface area contributed by atoms with Gasteiger partial charge in [0.05, 0.1) is 6.61 Å². The molecule has 1 N–H and O–H groups in total. The minimum atomic E-state index is -0.136. The van der Waals surface area contributed by atoms with Gasteiger partial charge < -0.3 is 19.5 Å². The third-order valence-corrected chi connectivity index (χ3v) is 2.79. The normalized spacial score (nSPS) is 10.2. The van der Waals surface area contributed by atoms with E-state index in [0.717, 1.165) is 25.0 Å². The van der Waals surface area contributed by atoms with E-state index >= 15 is 0 Å². The van der Waals surface area contributed by atoms with Gasteiger partial charge in [-0.25, -0.2) is 0 Å². The van der Waals surface area contributed by atoms with Crippen LogP contribution in [0.3, 0.4) is 0 Å². The smallest absolute Gasteiger partial charge is 0.257 e. The predicted molar refractivity (Wildman–Crippen MR) is 81.8 cm³/mol. The van der Waals surface area contributed by atoms with Crippen molar-refractivity contribution in [2.75, 3.05) is 33.5 Å². The maximum atomic E-state index is 11.6. The molecule has 0 unspecified atom stereocenters. The van der Waals surface area contributed by atoms with E-state index in [2.05, 4.69) is 12.2 Å². The van der Waals surface area contributed by atoms with Crippen molar-refractivity contribution in [3.63, 3.8) is 0 Å². The Bertz CT molecular complexity index is 409. The Hall–Kier alpha value is -1.75. The molecule has 1 rings (SSSR count). The van der Waals surface area contributed by atoms with Crippen LogP contribution in [0, 0.1) is 0 Å². The lowest BCUT2D eigenvalue weighted by Crippen LogP contribution is -2.30. The summed E-state index contributed by atoms with van der Waals surface area (Å²) >= 11 is 0. The number of methoxy groups -OCH3 is 1. The number of benzene rings is 1. The molecule has 0 fully saturated rings. The van der Waals surface area contributed by atoms with Crippen LogP contribution in [-0.4, -0.2) is 39.4 Å². The maximum absolute atomic E-state index is 11.6. The Morgan fingerprint density at radius 2 is 1.90 bits per heavy atom. The minimum Gasteiger partial charge on any atom is -0.493 e. The van der Waals surface area contributed by atoms with Crippen molar-refractivity contribution in [1.82, 2.24) is 5.32 Å². The van der Waals surface area contributed by atoms with Crippen molar-refractivity contribution in [3.8, 4) is 11.5 Å². The molecule has 1 aromatic carbocycles. The lowest BCUT2D eigenvalue weighted by Gasteiger charge is -2.09. The van der Waals surface area contributed by atoms with Gasteiger partial charge in [-0.2, -0.15) is 0 Å². The summed E-state index contributed by atoms with van der Waals surface area (Å²) in [4.78, 5) is 11.6. The van der Waals surface area contributed by atoms with Gasteiger partial charge in [0.25, 0.3) is 5.91 Å². The van der Waals surface area contributed by atoms with Crippen molar-refractivity contribution >= 4 is 5.91 Å². The quantitative estimate of drug-likeness (QED) is 0.637. The first-order valence-corrected chi connectivity index (χ1v) is 7.37. The van der Waals surface area contributed by atoms with Crippen LogP contribution < -0.4 is 14.8 Å². The summed E-state index contributed by atoms with van der Waals surface area (Å²) in [7, 11) is 1.64. The Morgan fingerprint density at radius 1 is 1.14 bits per heavy atom. The molecule has 118 valence electrons. The number of amides is 1. The van der Waals surface area contributed by atoms with Crippen LogP contribution in [0.4, 0.5) is 0 Å². The zero-order chi connectivity index (χ0) is 15.3. The SMILES string of the molecule is CCCCOc1cccc(OCC(=O)NCCCOC)c1. The predicted octanol–water partition coefficient (Wildman–Crippen LogP) is 2.40. The highest BCUT2D eigenvalue weighted by Crippen LogP contribution is 2.19. The Kier molecular flexibility index (Phi) is 9.04. The first kappa shape index (κ1) is 17.3. The summed E-state index contributed by atoms with van der Waals surface area (Å²) in [5.74, 6) is 1.26. The zero-order valence-corrected chi connectivity index (χ0v) is 12.9. The number of unbranched alkanes of at least 4 members (excludes halogenated alkanes) is 1. The summed E-state index contributed by atoms with van der Waals surface area (Å²) in [5, 5.41) is 2.77. The average molecular weight is 295 g/mol. The van der Waals surface area contributed by atoms with Crippen molar-refractivity contribution < 1.29 is 19.0 Å². The van der Waals surface area contributed by atoms with Crippen molar-refractivity contribution in [2.24, 2.45) is 0 Å². The second-order valence-electron chi connectivity index (χ2n) is 4.66. The van der Waals surface area contributed by atoms with Gasteiger partial charge in [-0.1, -0.05) is 19.4 Å². The van der Waals surface area contributed by atoms with Gasteiger partial charge in [0.1, 0.15) is 11.5 Å². The number of hydrogen-bond acceptors (Lipinski definition) is 4. The fourth-order valence-electron chi connectivity index (χ4n) is 1.63. The molecule has 0 aliphatic rings. The van der Waals surface area contributed by atoms with E-state index in [1.165, 1.54) is 0 Å².